The summed E-state index contributed by atoms with van der Waals surface area (Å²) in [4.78, 5) is 0.00972. The van der Waals surface area contributed by atoms with Gasteiger partial charge in [-0.05, 0) is 30.9 Å². The van der Waals surface area contributed by atoms with E-state index in [0.29, 0.717) is 5.92 Å². The van der Waals surface area contributed by atoms with Gasteiger partial charge in [0.2, 0.25) is 10.0 Å². The summed E-state index contributed by atoms with van der Waals surface area (Å²) in [5.41, 5.74) is 5.99. The fourth-order valence-corrected chi connectivity index (χ4v) is 3.00. The van der Waals surface area contributed by atoms with Gasteiger partial charge < -0.3 is 5.73 Å². The molecule has 0 heterocycles. The number of hydrogen-bond acceptors (Lipinski definition) is 4. The molecule has 96 valence electrons. The van der Waals surface area contributed by atoms with Crippen molar-refractivity contribution in [2.24, 2.45) is 11.7 Å². The van der Waals surface area contributed by atoms with E-state index in [4.69, 9.17) is 11.0 Å². The number of hydrogen-bond donors (Lipinski definition) is 2. The normalized spacial score (nSPS) is 17.1. The monoisotopic (exact) mass is 265 g/mol. The molecule has 1 aromatic carbocycles. The standard InChI is InChI=1S/C12H15N3O2S/c13-7-10-3-1-2-4-12(10)18(16,17)15-8-11(14)9-5-6-9/h1-4,9,11,15H,5-6,8,14H2. The quantitative estimate of drug-likeness (QED) is 0.813. The maximum Gasteiger partial charge on any atom is 0.241 e. The van der Waals surface area contributed by atoms with Gasteiger partial charge in [0.25, 0.3) is 0 Å². The summed E-state index contributed by atoms with van der Waals surface area (Å²) in [5, 5.41) is 8.89. The molecule has 0 saturated heterocycles. The molecule has 0 bridgehead atoms. The number of nitrogens with one attached hydrogen (secondary N) is 1. The average Bonchev–Trinajstić information content (AvgIpc) is 3.20. The van der Waals surface area contributed by atoms with E-state index in [1.165, 1.54) is 12.1 Å². The maximum atomic E-state index is 12.0. The zero-order valence-corrected chi connectivity index (χ0v) is 10.7. The van der Waals surface area contributed by atoms with Gasteiger partial charge in [0, 0.05) is 12.6 Å². The lowest BCUT2D eigenvalue weighted by atomic mass is 10.2. The Morgan fingerprint density at radius 1 is 1.44 bits per heavy atom. The van der Waals surface area contributed by atoms with Crippen LogP contribution in [0.3, 0.4) is 0 Å². The summed E-state index contributed by atoms with van der Waals surface area (Å²) in [6, 6.07) is 7.86. The first kappa shape index (κ1) is 13.0. The Labute approximate surface area is 107 Å². The first-order valence-electron chi connectivity index (χ1n) is 5.79. The molecule has 1 aromatic rings. The van der Waals surface area contributed by atoms with Crippen LogP contribution in [0.1, 0.15) is 18.4 Å². The van der Waals surface area contributed by atoms with Crippen molar-refractivity contribution in [1.29, 1.82) is 5.26 Å². The van der Waals surface area contributed by atoms with Crippen LogP contribution in [0, 0.1) is 17.2 Å². The van der Waals surface area contributed by atoms with Gasteiger partial charge in [0.15, 0.2) is 0 Å². The molecule has 1 aliphatic rings. The molecular formula is C12H15N3O2S. The lowest BCUT2D eigenvalue weighted by Crippen LogP contribution is -2.38. The number of benzene rings is 1. The Kier molecular flexibility index (Phi) is 3.66. The minimum absolute atomic E-state index is 0.00972. The fraction of sp³-hybridized carbons (Fsp3) is 0.417. The predicted molar refractivity (Wildman–Crippen MR) is 67.0 cm³/mol. The molecule has 5 nitrogen and oxygen atoms in total. The van der Waals surface area contributed by atoms with Gasteiger partial charge in [0.05, 0.1) is 10.5 Å². The molecule has 1 atom stereocenters. The molecule has 2 rings (SSSR count). The molecule has 6 heteroatoms. The lowest BCUT2D eigenvalue weighted by Gasteiger charge is -2.12. The van der Waals surface area contributed by atoms with E-state index >= 15 is 0 Å². The zero-order chi connectivity index (χ0) is 13.2. The van der Waals surface area contributed by atoms with E-state index in [-0.39, 0.29) is 23.0 Å². The highest BCUT2D eigenvalue weighted by molar-refractivity contribution is 7.89. The molecule has 3 N–H and O–H groups in total. The third kappa shape index (κ3) is 2.88. The van der Waals surface area contributed by atoms with Crippen LogP contribution in [-0.2, 0) is 10.0 Å². The molecule has 0 amide bonds. The lowest BCUT2D eigenvalue weighted by molar-refractivity contribution is 0.547. The number of sulfonamides is 1. The highest BCUT2D eigenvalue weighted by Gasteiger charge is 2.29. The van der Waals surface area contributed by atoms with Crippen LogP contribution in [0.2, 0.25) is 0 Å². The van der Waals surface area contributed by atoms with Crippen LogP contribution >= 0.6 is 0 Å². The molecule has 18 heavy (non-hydrogen) atoms. The SMILES string of the molecule is N#Cc1ccccc1S(=O)(=O)NCC(N)C1CC1. The first-order chi connectivity index (χ1) is 8.54. The summed E-state index contributed by atoms with van der Waals surface area (Å²) >= 11 is 0. The first-order valence-corrected chi connectivity index (χ1v) is 7.27. The second-order valence-electron chi connectivity index (χ2n) is 4.46. The van der Waals surface area contributed by atoms with Crippen molar-refractivity contribution < 1.29 is 8.42 Å². The van der Waals surface area contributed by atoms with Gasteiger partial charge in [0.1, 0.15) is 6.07 Å². The van der Waals surface area contributed by atoms with Crippen molar-refractivity contribution in [2.45, 2.75) is 23.8 Å². The van der Waals surface area contributed by atoms with Crippen molar-refractivity contribution in [1.82, 2.24) is 4.72 Å². The number of nitrogens with zero attached hydrogens (tertiary/aromatic N) is 1. The van der Waals surface area contributed by atoms with Crippen molar-refractivity contribution >= 4 is 10.0 Å². The predicted octanol–water partition coefficient (Wildman–Crippen LogP) is 0.574. The molecule has 0 aromatic heterocycles. The Morgan fingerprint density at radius 2 is 2.11 bits per heavy atom. The Balaban J connectivity index is 2.12. The summed E-state index contributed by atoms with van der Waals surface area (Å²) < 4.78 is 26.6. The fourth-order valence-electron chi connectivity index (χ4n) is 1.77. The van der Waals surface area contributed by atoms with Crippen molar-refractivity contribution in [2.75, 3.05) is 6.54 Å². The Hall–Kier alpha value is -1.42. The Bertz CT molecular complexity index is 573. The smallest absolute Gasteiger partial charge is 0.241 e. The molecule has 1 aliphatic carbocycles. The second kappa shape index (κ2) is 5.06. The third-order valence-electron chi connectivity index (χ3n) is 3.03. The minimum atomic E-state index is -3.66. The van der Waals surface area contributed by atoms with Gasteiger partial charge in [-0.25, -0.2) is 13.1 Å². The molecule has 0 aliphatic heterocycles. The molecular weight excluding hydrogens is 250 g/mol. The van der Waals surface area contributed by atoms with E-state index in [9.17, 15) is 8.42 Å². The van der Waals surface area contributed by atoms with Crippen molar-refractivity contribution in [3.05, 3.63) is 29.8 Å². The van der Waals surface area contributed by atoms with E-state index in [2.05, 4.69) is 4.72 Å². The second-order valence-corrected chi connectivity index (χ2v) is 6.20. The average molecular weight is 265 g/mol. The van der Waals surface area contributed by atoms with E-state index in [1.54, 1.807) is 12.1 Å². The van der Waals surface area contributed by atoms with Crippen LogP contribution in [0.5, 0.6) is 0 Å². The van der Waals surface area contributed by atoms with Crippen LogP contribution in [0.4, 0.5) is 0 Å². The highest BCUT2D eigenvalue weighted by atomic mass is 32.2. The van der Waals surface area contributed by atoms with Crippen LogP contribution in [0.15, 0.2) is 29.2 Å². The Morgan fingerprint density at radius 3 is 2.72 bits per heavy atom. The topological polar surface area (TPSA) is 96.0 Å². The van der Waals surface area contributed by atoms with Crippen molar-refractivity contribution in [3.63, 3.8) is 0 Å². The van der Waals surface area contributed by atoms with Crippen LogP contribution in [-0.4, -0.2) is 21.0 Å². The number of nitrogens with two attached hydrogens (primary N) is 1. The summed E-state index contributed by atoms with van der Waals surface area (Å²) in [5.74, 6) is 0.430. The maximum absolute atomic E-state index is 12.0. The van der Waals surface area contributed by atoms with Crippen molar-refractivity contribution in [3.8, 4) is 6.07 Å². The van der Waals surface area contributed by atoms with Crippen LogP contribution < -0.4 is 10.5 Å². The molecule has 1 fully saturated rings. The number of rotatable bonds is 5. The van der Waals surface area contributed by atoms with Gasteiger partial charge in [-0.15, -0.1) is 0 Å². The summed E-state index contributed by atoms with van der Waals surface area (Å²) in [7, 11) is -3.66. The van der Waals surface area contributed by atoms with Crippen LogP contribution in [0.25, 0.3) is 0 Å². The van der Waals surface area contributed by atoms with Gasteiger partial charge in [-0.3, -0.25) is 0 Å². The van der Waals surface area contributed by atoms with E-state index in [1.807, 2.05) is 6.07 Å². The third-order valence-corrected chi connectivity index (χ3v) is 4.52. The van der Waals surface area contributed by atoms with E-state index in [0.717, 1.165) is 12.8 Å². The molecule has 0 radical (unpaired) electrons. The largest absolute Gasteiger partial charge is 0.326 e. The van der Waals surface area contributed by atoms with E-state index < -0.39 is 10.0 Å². The number of nitriles is 1. The van der Waals surface area contributed by atoms with Gasteiger partial charge >= 0.3 is 0 Å². The summed E-state index contributed by atoms with van der Waals surface area (Å²) in [6.45, 7) is 0.215. The van der Waals surface area contributed by atoms with Gasteiger partial charge in [-0.2, -0.15) is 5.26 Å². The summed E-state index contributed by atoms with van der Waals surface area (Å²) in [6.07, 6.45) is 2.13. The molecule has 1 saturated carbocycles. The molecule has 0 spiro atoms. The molecule has 1 unspecified atom stereocenters. The zero-order valence-electron chi connectivity index (χ0n) is 9.83. The van der Waals surface area contributed by atoms with Gasteiger partial charge in [-0.1, -0.05) is 12.1 Å². The minimum Gasteiger partial charge on any atom is -0.326 e. The highest BCUT2D eigenvalue weighted by Crippen LogP contribution is 2.31.